The van der Waals surface area contributed by atoms with Gasteiger partial charge in [-0.25, -0.2) is 0 Å². The van der Waals surface area contributed by atoms with Crippen molar-refractivity contribution >= 4 is 21.9 Å². The molecule has 0 saturated carbocycles. The lowest BCUT2D eigenvalue weighted by molar-refractivity contribution is -0.142. The number of aliphatic carboxylic acids is 1. The van der Waals surface area contributed by atoms with Crippen LogP contribution < -0.4 is 0 Å². The van der Waals surface area contributed by atoms with Gasteiger partial charge in [-0.2, -0.15) is 0 Å². The van der Waals surface area contributed by atoms with Gasteiger partial charge in [-0.05, 0) is 31.0 Å². The molecule has 86 valence electrons. The van der Waals surface area contributed by atoms with E-state index in [0.717, 1.165) is 29.4 Å². The number of carboxylic acids is 1. The molecule has 3 nitrogen and oxygen atoms in total. The molecule has 0 aromatic heterocycles. The van der Waals surface area contributed by atoms with E-state index in [0.29, 0.717) is 6.54 Å². The Morgan fingerprint density at radius 1 is 1.50 bits per heavy atom. The molecule has 1 aliphatic heterocycles. The van der Waals surface area contributed by atoms with Gasteiger partial charge in [-0.3, -0.25) is 9.69 Å². The highest BCUT2D eigenvalue weighted by molar-refractivity contribution is 9.10. The summed E-state index contributed by atoms with van der Waals surface area (Å²) in [5, 5.41) is 9.08. The first kappa shape index (κ1) is 11.6. The van der Waals surface area contributed by atoms with E-state index in [-0.39, 0.29) is 6.04 Å². The predicted octanol–water partition coefficient (Wildman–Crippen LogP) is 2.50. The van der Waals surface area contributed by atoms with Crippen LogP contribution in [0.15, 0.2) is 28.7 Å². The molecule has 0 radical (unpaired) electrons. The van der Waals surface area contributed by atoms with Gasteiger partial charge in [0.05, 0.1) is 0 Å². The van der Waals surface area contributed by atoms with Crippen molar-refractivity contribution in [2.24, 2.45) is 0 Å². The quantitative estimate of drug-likeness (QED) is 0.927. The Morgan fingerprint density at radius 2 is 2.25 bits per heavy atom. The maximum atomic E-state index is 11.0. The van der Waals surface area contributed by atoms with E-state index in [1.54, 1.807) is 0 Å². The fraction of sp³-hybridized carbons (Fsp3) is 0.417. The van der Waals surface area contributed by atoms with Gasteiger partial charge >= 0.3 is 5.97 Å². The molecule has 4 heteroatoms. The summed E-state index contributed by atoms with van der Waals surface area (Å²) in [4.78, 5) is 13.1. The summed E-state index contributed by atoms with van der Waals surface area (Å²) in [5.41, 5.74) is 1.15. The van der Waals surface area contributed by atoms with Crippen LogP contribution in [0.1, 0.15) is 18.4 Å². The lowest BCUT2D eigenvalue weighted by Gasteiger charge is -2.21. The zero-order valence-corrected chi connectivity index (χ0v) is 10.5. The van der Waals surface area contributed by atoms with Crippen LogP contribution >= 0.6 is 15.9 Å². The van der Waals surface area contributed by atoms with Crippen molar-refractivity contribution < 1.29 is 9.90 Å². The lowest BCUT2D eigenvalue weighted by Crippen LogP contribution is -2.35. The van der Waals surface area contributed by atoms with Crippen LogP contribution in [0.2, 0.25) is 0 Å². The first-order valence-corrected chi connectivity index (χ1v) is 6.18. The SMILES string of the molecule is O=C(O)[C@H]1CCCN1Cc1ccccc1Br. The monoisotopic (exact) mass is 283 g/mol. The van der Waals surface area contributed by atoms with Crippen molar-refractivity contribution in [3.63, 3.8) is 0 Å². The number of nitrogens with zero attached hydrogens (tertiary/aromatic N) is 1. The number of rotatable bonds is 3. The third kappa shape index (κ3) is 2.44. The van der Waals surface area contributed by atoms with Crippen LogP contribution in [0.25, 0.3) is 0 Å². The van der Waals surface area contributed by atoms with Gasteiger partial charge in [0.1, 0.15) is 6.04 Å². The van der Waals surface area contributed by atoms with E-state index in [1.807, 2.05) is 29.2 Å². The predicted molar refractivity (Wildman–Crippen MR) is 65.2 cm³/mol. The smallest absolute Gasteiger partial charge is 0.320 e. The van der Waals surface area contributed by atoms with Crippen LogP contribution in [-0.2, 0) is 11.3 Å². The molecule has 0 bridgehead atoms. The van der Waals surface area contributed by atoms with Crippen molar-refractivity contribution in [1.29, 1.82) is 0 Å². The Hall–Kier alpha value is -0.870. The van der Waals surface area contributed by atoms with Gasteiger partial charge in [-0.15, -0.1) is 0 Å². The summed E-state index contributed by atoms with van der Waals surface area (Å²) in [6.45, 7) is 1.58. The summed E-state index contributed by atoms with van der Waals surface area (Å²) in [7, 11) is 0. The lowest BCUT2D eigenvalue weighted by atomic mass is 10.2. The molecule has 16 heavy (non-hydrogen) atoms. The summed E-state index contributed by atoms with van der Waals surface area (Å²) in [6.07, 6.45) is 1.74. The highest BCUT2D eigenvalue weighted by Gasteiger charge is 2.30. The zero-order valence-electron chi connectivity index (χ0n) is 8.90. The molecule has 1 heterocycles. The van der Waals surface area contributed by atoms with Crippen molar-refractivity contribution in [2.45, 2.75) is 25.4 Å². The van der Waals surface area contributed by atoms with Crippen molar-refractivity contribution in [2.75, 3.05) is 6.54 Å². The minimum atomic E-state index is -0.704. The number of hydrogen-bond donors (Lipinski definition) is 1. The number of halogens is 1. The second-order valence-corrected chi connectivity index (χ2v) is 4.91. The zero-order chi connectivity index (χ0) is 11.5. The van der Waals surface area contributed by atoms with E-state index in [9.17, 15) is 4.79 Å². The molecule has 1 atom stereocenters. The number of benzene rings is 1. The number of hydrogen-bond acceptors (Lipinski definition) is 2. The maximum absolute atomic E-state index is 11.0. The van der Waals surface area contributed by atoms with Crippen LogP contribution in [0.5, 0.6) is 0 Å². The summed E-state index contributed by atoms with van der Waals surface area (Å²) >= 11 is 3.49. The normalized spacial score (nSPS) is 21.2. The standard InChI is InChI=1S/C12H14BrNO2/c13-10-5-2-1-4-9(10)8-14-7-3-6-11(14)12(15)16/h1-2,4-5,11H,3,6-8H2,(H,15,16)/t11-/m1/s1. The third-order valence-corrected chi connectivity index (χ3v) is 3.75. The van der Waals surface area contributed by atoms with Gasteiger partial charge in [0, 0.05) is 11.0 Å². The molecule has 1 saturated heterocycles. The number of likely N-dealkylation sites (tertiary alicyclic amines) is 1. The average Bonchev–Trinajstić information content (AvgIpc) is 2.69. The molecule has 1 N–H and O–H groups in total. The molecule has 1 aliphatic rings. The number of carbonyl (C=O) groups is 1. The molecule has 0 unspecified atom stereocenters. The molecular formula is C12H14BrNO2. The molecule has 2 rings (SSSR count). The van der Waals surface area contributed by atoms with Gasteiger partial charge < -0.3 is 5.11 Å². The first-order valence-electron chi connectivity index (χ1n) is 5.39. The average molecular weight is 284 g/mol. The fourth-order valence-electron chi connectivity index (χ4n) is 2.14. The molecule has 0 amide bonds. The van der Waals surface area contributed by atoms with Gasteiger partial charge in [-0.1, -0.05) is 34.1 Å². The minimum absolute atomic E-state index is 0.313. The first-order chi connectivity index (χ1) is 7.68. The van der Waals surface area contributed by atoms with Gasteiger partial charge in [0.2, 0.25) is 0 Å². The van der Waals surface area contributed by atoms with Crippen LogP contribution in [0.3, 0.4) is 0 Å². The second-order valence-electron chi connectivity index (χ2n) is 4.06. The van der Waals surface area contributed by atoms with E-state index < -0.39 is 5.97 Å². The largest absolute Gasteiger partial charge is 0.480 e. The highest BCUT2D eigenvalue weighted by atomic mass is 79.9. The van der Waals surface area contributed by atoms with E-state index in [2.05, 4.69) is 15.9 Å². The third-order valence-electron chi connectivity index (χ3n) is 2.98. The minimum Gasteiger partial charge on any atom is -0.480 e. The Bertz CT molecular complexity index is 394. The molecule has 1 aromatic rings. The van der Waals surface area contributed by atoms with E-state index >= 15 is 0 Å². The Morgan fingerprint density at radius 3 is 2.94 bits per heavy atom. The van der Waals surface area contributed by atoms with Crippen LogP contribution in [-0.4, -0.2) is 28.6 Å². The summed E-state index contributed by atoms with van der Waals surface area (Å²) in [5.74, 6) is -0.704. The molecule has 0 spiro atoms. The second kappa shape index (κ2) is 4.97. The van der Waals surface area contributed by atoms with Gasteiger partial charge in [0.15, 0.2) is 0 Å². The highest BCUT2D eigenvalue weighted by Crippen LogP contribution is 2.23. The van der Waals surface area contributed by atoms with Crippen LogP contribution in [0.4, 0.5) is 0 Å². The Kier molecular flexibility index (Phi) is 3.61. The van der Waals surface area contributed by atoms with Gasteiger partial charge in [0.25, 0.3) is 0 Å². The van der Waals surface area contributed by atoms with Crippen LogP contribution in [0, 0.1) is 0 Å². The van der Waals surface area contributed by atoms with Crippen molar-refractivity contribution in [1.82, 2.24) is 4.90 Å². The molecule has 0 aliphatic carbocycles. The van der Waals surface area contributed by atoms with E-state index in [1.165, 1.54) is 0 Å². The van der Waals surface area contributed by atoms with Crippen molar-refractivity contribution in [3.05, 3.63) is 34.3 Å². The Balaban J connectivity index is 2.10. The maximum Gasteiger partial charge on any atom is 0.320 e. The summed E-state index contributed by atoms with van der Waals surface area (Å²) in [6, 6.07) is 7.65. The Labute approximate surface area is 103 Å². The molecule has 1 fully saturated rings. The molecular weight excluding hydrogens is 270 g/mol. The topological polar surface area (TPSA) is 40.5 Å². The fourth-order valence-corrected chi connectivity index (χ4v) is 2.55. The summed E-state index contributed by atoms with van der Waals surface area (Å²) < 4.78 is 1.05. The molecule has 1 aromatic carbocycles. The van der Waals surface area contributed by atoms with E-state index in [4.69, 9.17) is 5.11 Å². The number of carboxylic acid groups (broad SMARTS) is 1. The van der Waals surface area contributed by atoms with Crippen molar-refractivity contribution in [3.8, 4) is 0 Å².